The maximum absolute atomic E-state index is 11.8. The van der Waals surface area contributed by atoms with E-state index in [1.54, 1.807) is 0 Å². The maximum atomic E-state index is 11.8. The Labute approximate surface area is 133 Å². The Morgan fingerprint density at radius 2 is 2.00 bits per heavy atom. The fourth-order valence-corrected chi connectivity index (χ4v) is 3.29. The Bertz CT molecular complexity index is 365. The molecule has 1 aliphatic heterocycles. The summed E-state index contributed by atoms with van der Waals surface area (Å²) >= 11 is 2.05. The van der Waals surface area contributed by atoms with Crippen LogP contribution in [0.4, 0.5) is 0 Å². The number of hydrogen-bond acceptors (Lipinski definition) is 3. The van der Waals surface area contributed by atoms with E-state index in [0.29, 0.717) is 18.3 Å². The second-order valence-electron chi connectivity index (χ2n) is 6.33. The molecule has 0 aliphatic carbocycles. The Kier molecular flexibility index (Phi) is 7.35. The largest absolute Gasteiger partial charge is 0.354 e. The van der Waals surface area contributed by atoms with Crippen molar-refractivity contribution < 1.29 is 4.79 Å². The monoisotopic (exact) mass is 314 g/mol. The van der Waals surface area contributed by atoms with Crippen LogP contribution in [0.3, 0.4) is 0 Å². The van der Waals surface area contributed by atoms with Gasteiger partial charge in [0.2, 0.25) is 5.91 Å². The summed E-state index contributed by atoms with van der Waals surface area (Å²) in [6, 6.07) is 0. The van der Waals surface area contributed by atoms with Gasteiger partial charge in [0.05, 0.1) is 0 Å². The third kappa shape index (κ3) is 6.16. The highest BCUT2D eigenvalue weighted by Crippen LogP contribution is 2.20. The second-order valence-corrected chi connectivity index (χ2v) is 7.74. The Morgan fingerprint density at radius 3 is 2.57 bits per heavy atom. The molecule has 0 aromatic rings. The molecule has 0 radical (unpaired) electrons. The summed E-state index contributed by atoms with van der Waals surface area (Å²) in [5, 5.41) is 6.98. The van der Waals surface area contributed by atoms with Crippen molar-refractivity contribution in [3.63, 3.8) is 0 Å². The zero-order valence-electron chi connectivity index (χ0n) is 14.0. The minimum absolute atomic E-state index is 0.0831. The summed E-state index contributed by atoms with van der Waals surface area (Å²) < 4.78 is 0. The van der Waals surface area contributed by atoms with Crippen molar-refractivity contribution in [3.05, 3.63) is 0 Å². The van der Waals surface area contributed by atoms with Crippen LogP contribution in [-0.2, 0) is 4.79 Å². The van der Waals surface area contributed by atoms with Gasteiger partial charge in [-0.3, -0.25) is 9.79 Å². The highest BCUT2D eigenvalue weighted by molar-refractivity contribution is 8.00. The number of thioether (sulfide) groups is 1. The topological polar surface area (TPSA) is 56.7 Å². The van der Waals surface area contributed by atoms with Gasteiger partial charge in [-0.1, -0.05) is 27.7 Å². The van der Waals surface area contributed by atoms with E-state index in [1.165, 1.54) is 6.42 Å². The summed E-state index contributed by atoms with van der Waals surface area (Å²) in [6.45, 7) is 11.4. The van der Waals surface area contributed by atoms with Crippen molar-refractivity contribution in [2.75, 3.05) is 39.0 Å². The van der Waals surface area contributed by atoms with E-state index < -0.39 is 0 Å². The van der Waals surface area contributed by atoms with E-state index in [0.717, 1.165) is 24.8 Å². The molecule has 0 saturated carbocycles. The first-order valence-corrected chi connectivity index (χ1v) is 8.78. The molecule has 1 rings (SSSR count). The number of nitrogens with zero attached hydrogens (tertiary/aromatic N) is 2. The lowest BCUT2D eigenvalue weighted by Crippen LogP contribution is -2.49. The van der Waals surface area contributed by atoms with E-state index in [4.69, 9.17) is 0 Å². The first-order chi connectivity index (χ1) is 9.88. The summed E-state index contributed by atoms with van der Waals surface area (Å²) in [5.41, 5.74) is -0.333. The van der Waals surface area contributed by atoms with Crippen LogP contribution in [0.15, 0.2) is 4.99 Å². The van der Waals surface area contributed by atoms with Crippen LogP contribution >= 0.6 is 11.8 Å². The van der Waals surface area contributed by atoms with Gasteiger partial charge in [-0.15, -0.1) is 0 Å². The molecule has 0 bridgehead atoms. The van der Waals surface area contributed by atoms with Gasteiger partial charge >= 0.3 is 0 Å². The number of carbonyl (C=O) groups excluding carboxylic acids is 1. The van der Waals surface area contributed by atoms with Crippen molar-refractivity contribution in [1.29, 1.82) is 0 Å². The van der Waals surface area contributed by atoms with Crippen molar-refractivity contribution in [1.82, 2.24) is 15.5 Å². The molecule has 2 N–H and O–H groups in total. The Hall–Kier alpha value is -0.910. The van der Waals surface area contributed by atoms with Crippen LogP contribution < -0.4 is 10.6 Å². The first kappa shape index (κ1) is 18.1. The number of aliphatic imine (C=N–C) groups is 1. The highest BCUT2D eigenvalue weighted by atomic mass is 32.2. The van der Waals surface area contributed by atoms with Crippen LogP contribution in [0.1, 0.15) is 34.1 Å². The summed E-state index contributed by atoms with van der Waals surface area (Å²) in [6.07, 6.45) is 1.19. The number of rotatable bonds is 4. The van der Waals surface area contributed by atoms with Crippen molar-refractivity contribution in [2.24, 2.45) is 10.4 Å². The molecular formula is C15H30N4OS. The van der Waals surface area contributed by atoms with Crippen LogP contribution in [0.25, 0.3) is 0 Å². The molecule has 1 unspecified atom stereocenters. The van der Waals surface area contributed by atoms with Gasteiger partial charge in [0.25, 0.3) is 0 Å². The van der Waals surface area contributed by atoms with Crippen LogP contribution in [-0.4, -0.2) is 61.0 Å². The summed E-state index contributed by atoms with van der Waals surface area (Å²) in [5.74, 6) is 2.18. The number of hydrogen-bond donors (Lipinski definition) is 2. The van der Waals surface area contributed by atoms with E-state index in [9.17, 15) is 4.79 Å². The SMILES string of the molecule is CCC1CN(C(=NC)NCCNC(=O)C(C)(C)C)CCS1. The molecule has 0 aromatic carbocycles. The van der Waals surface area contributed by atoms with E-state index in [-0.39, 0.29) is 11.3 Å². The lowest BCUT2D eigenvalue weighted by Gasteiger charge is -2.34. The van der Waals surface area contributed by atoms with Crippen LogP contribution in [0.2, 0.25) is 0 Å². The molecular weight excluding hydrogens is 284 g/mol. The molecule has 5 nitrogen and oxygen atoms in total. The lowest BCUT2D eigenvalue weighted by molar-refractivity contribution is -0.128. The quantitative estimate of drug-likeness (QED) is 0.470. The molecule has 0 spiro atoms. The van der Waals surface area contributed by atoms with Gasteiger partial charge in [-0.2, -0.15) is 11.8 Å². The third-order valence-electron chi connectivity index (χ3n) is 3.48. The van der Waals surface area contributed by atoms with E-state index in [1.807, 2.05) is 39.6 Å². The zero-order chi connectivity index (χ0) is 15.9. The second kappa shape index (κ2) is 8.51. The standard InChI is InChI=1S/C15H30N4OS/c1-6-12-11-19(9-10-21-12)14(16-5)18-8-7-17-13(20)15(2,3)4/h12H,6-11H2,1-5H3,(H,16,18)(H,17,20). The van der Waals surface area contributed by atoms with Crippen LogP contribution in [0, 0.1) is 5.41 Å². The Morgan fingerprint density at radius 1 is 1.33 bits per heavy atom. The average molecular weight is 314 g/mol. The molecule has 21 heavy (non-hydrogen) atoms. The lowest BCUT2D eigenvalue weighted by atomic mass is 9.96. The maximum Gasteiger partial charge on any atom is 0.225 e. The van der Waals surface area contributed by atoms with Gasteiger partial charge < -0.3 is 15.5 Å². The number of nitrogens with one attached hydrogen (secondary N) is 2. The van der Waals surface area contributed by atoms with Crippen molar-refractivity contribution in [2.45, 2.75) is 39.4 Å². The molecule has 122 valence electrons. The van der Waals surface area contributed by atoms with E-state index >= 15 is 0 Å². The average Bonchev–Trinajstić information content (AvgIpc) is 2.46. The number of guanidine groups is 1. The molecule has 1 amide bonds. The number of carbonyl (C=O) groups is 1. The van der Waals surface area contributed by atoms with E-state index in [2.05, 4.69) is 27.4 Å². The summed E-state index contributed by atoms with van der Waals surface area (Å²) in [4.78, 5) is 18.5. The molecule has 6 heteroatoms. The van der Waals surface area contributed by atoms with Crippen LogP contribution in [0.5, 0.6) is 0 Å². The summed E-state index contributed by atoms with van der Waals surface area (Å²) in [7, 11) is 1.82. The third-order valence-corrected chi connectivity index (χ3v) is 4.85. The highest BCUT2D eigenvalue weighted by Gasteiger charge is 2.22. The molecule has 1 saturated heterocycles. The first-order valence-electron chi connectivity index (χ1n) is 7.74. The van der Waals surface area contributed by atoms with Gasteiger partial charge in [-0.05, 0) is 6.42 Å². The smallest absolute Gasteiger partial charge is 0.225 e. The molecule has 1 fully saturated rings. The van der Waals surface area contributed by atoms with Gasteiger partial charge in [0.15, 0.2) is 5.96 Å². The van der Waals surface area contributed by atoms with Gasteiger partial charge in [0.1, 0.15) is 0 Å². The minimum atomic E-state index is -0.333. The minimum Gasteiger partial charge on any atom is -0.354 e. The van der Waals surface area contributed by atoms with Gasteiger partial charge in [-0.25, -0.2) is 0 Å². The normalized spacial score (nSPS) is 20.3. The van der Waals surface area contributed by atoms with Crippen molar-refractivity contribution >= 4 is 23.6 Å². The fourth-order valence-electron chi connectivity index (χ4n) is 2.11. The number of amides is 1. The Balaban J connectivity index is 2.33. The molecule has 1 atom stereocenters. The zero-order valence-corrected chi connectivity index (χ0v) is 14.8. The fraction of sp³-hybridized carbons (Fsp3) is 0.867. The van der Waals surface area contributed by atoms with Gasteiger partial charge in [0, 0.05) is 49.6 Å². The molecule has 1 heterocycles. The molecule has 1 aliphatic rings. The van der Waals surface area contributed by atoms with Crippen molar-refractivity contribution in [3.8, 4) is 0 Å². The predicted octanol–water partition coefficient (Wildman–Crippen LogP) is 1.55. The predicted molar refractivity (Wildman–Crippen MR) is 91.9 cm³/mol. The molecule has 0 aromatic heterocycles.